The van der Waals surface area contributed by atoms with E-state index in [2.05, 4.69) is 15.2 Å². The number of sulfonamides is 1. The van der Waals surface area contributed by atoms with Gasteiger partial charge in [-0.3, -0.25) is 4.79 Å². The van der Waals surface area contributed by atoms with Gasteiger partial charge < -0.3 is 15.0 Å². The highest BCUT2D eigenvalue weighted by molar-refractivity contribution is 7.89. The predicted molar refractivity (Wildman–Crippen MR) is 128 cm³/mol. The molecule has 0 radical (unpaired) electrons. The SMILES string of the molecule is CCN(CC)c1ccc(S(=O)(=O)N2CCOCC2)cc1NC(=O)c1sc(C(C)C)nc1C. The van der Waals surface area contributed by atoms with Gasteiger partial charge in [0.05, 0.1) is 40.2 Å². The van der Waals surface area contributed by atoms with Crippen LogP contribution in [0.2, 0.25) is 0 Å². The van der Waals surface area contributed by atoms with E-state index in [0.29, 0.717) is 42.6 Å². The Labute approximate surface area is 194 Å². The molecule has 0 saturated carbocycles. The molecule has 0 aliphatic carbocycles. The predicted octanol–water partition coefficient (Wildman–Crippen LogP) is 3.69. The van der Waals surface area contributed by atoms with E-state index in [-0.39, 0.29) is 16.7 Å². The van der Waals surface area contributed by atoms with Crippen LogP contribution in [0.5, 0.6) is 0 Å². The molecule has 10 heteroatoms. The smallest absolute Gasteiger partial charge is 0.267 e. The fourth-order valence-corrected chi connectivity index (χ4v) is 6.01. The molecule has 0 unspecified atom stereocenters. The normalized spacial score (nSPS) is 15.2. The molecule has 1 aliphatic heterocycles. The molecular formula is C22H32N4O4S2. The highest BCUT2D eigenvalue weighted by Gasteiger charge is 2.28. The van der Waals surface area contributed by atoms with Crippen LogP contribution in [0.15, 0.2) is 23.1 Å². The van der Waals surface area contributed by atoms with Gasteiger partial charge in [-0.05, 0) is 39.0 Å². The number of carbonyl (C=O) groups is 1. The van der Waals surface area contributed by atoms with E-state index in [9.17, 15) is 13.2 Å². The second-order valence-electron chi connectivity index (χ2n) is 7.94. The minimum atomic E-state index is -3.68. The van der Waals surface area contributed by atoms with E-state index in [1.54, 1.807) is 18.2 Å². The fraction of sp³-hybridized carbons (Fsp3) is 0.545. The summed E-state index contributed by atoms with van der Waals surface area (Å²) in [6, 6.07) is 4.95. The van der Waals surface area contributed by atoms with E-state index in [0.717, 1.165) is 23.8 Å². The summed E-state index contributed by atoms with van der Waals surface area (Å²) in [5.41, 5.74) is 1.94. The molecule has 1 aliphatic rings. The summed E-state index contributed by atoms with van der Waals surface area (Å²) >= 11 is 1.38. The largest absolute Gasteiger partial charge is 0.379 e. The van der Waals surface area contributed by atoms with Crippen LogP contribution < -0.4 is 10.2 Å². The first kappa shape index (κ1) is 24.6. The highest BCUT2D eigenvalue weighted by Crippen LogP contribution is 2.32. The van der Waals surface area contributed by atoms with Gasteiger partial charge in [0, 0.05) is 32.1 Å². The molecule has 0 bridgehead atoms. The van der Waals surface area contributed by atoms with Crippen molar-refractivity contribution >= 4 is 38.6 Å². The average molecular weight is 481 g/mol. The molecule has 2 heterocycles. The lowest BCUT2D eigenvalue weighted by molar-refractivity contribution is 0.0730. The van der Waals surface area contributed by atoms with E-state index in [1.165, 1.54) is 15.6 Å². The summed E-state index contributed by atoms with van der Waals surface area (Å²) in [4.78, 5) is 20.4. The van der Waals surface area contributed by atoms with Crippen molar-refractivity contribution in [2.45, 2.75) is 45.4 Å². The lowest BCUT2D eigenvalue weighted by atomic mass is 10.2. The number of hydrogen-bond acceptors (Lipinski definition) is 7. The Balaban J connectivity index is 1.99. The number of carbonyl (C=O) groups excluding carboxylic acids is 1. The van der Waals surface area contributed by atoms with Crippen LogP contribution in [0.25, 0.3) is 0 Å². The maximum absolute atomic E-state index is 13.2. The van der Waals surface area contributed by atoms with Crippen LogP contribution >= 0.6 is 11.3 Å². The van der Waals surface area contributed by atoms with Crippen LogP contribution in [0.1, 0.15) is 54.0 Å². The Bertz CT molecular complexity index is 1060. The number of benzene rings is 1. The fourth-order valence-electron chi connectivity index (χ4n) is 3.61. The molecule has 1 aromatic carbocycles. The van der Waals surface area contributed by atoms with Crippen LogP contribution in [-0.4, -0.2) is 63.0 Å². The third-order valence-corrected chi connectivity index (χ3v) is 8.79. The molecule has 176 valence electrons. The van der Waals surface area contributed by atoms with E-state index < -0.39 is 10.0 Å². The first-order valence-corrected chi connectivity index (χ1v) is 13.2. The Morgan fingerprint density at radius 1 is 1.25 bits per heavy atom. The highest BCUT2D eigenvalue weighted by atomic mass is 32.2. The molecular weight excluding hydrogens is 448 g/mol. The van der Waals surface area contributed by atoms with Gasteiger partial charge in [0.2, 0.25) is 10.0 Å². The molecule has 3 rings (SSSR count). The summed E-state index contributed by atoms with van der Waals surface area (Å²) < 4.78 is 33.1. The van der Waals surface area contributed by atoms with Crippen molar-refractivity contribution in [3.05, 3.63) is 33.8 Å². The Morgan fingerprint density at radius 2 is 1.91 bits per heavy atom. The van der Waals surface area contributed by atoms with Crippen molar-refractivity contribution in [3.8, 4) is 0 Å². The Hall–Kier alpha value is -2.01. The summed E-state index contributed by atoms with van der Waals surface area (Å²) in [5, 5.41) is 3.87. The number of ether oxygens (including phenoxy) is 1. The third-order valence-electron chi connectivity index (χ3n) is 5.44. The van der Waals surface area contributed by atoms with Crippen molar-refractivity contribution in [2.24, 2.45) is 0 Å². The molecule has 0 spiro atoms. The number of amides is 1. The minimum Gasteiger partial charge on any atom is -0.379 e. The second-order valence-corrected chi connectivity index (χ2v) is 10.9. The van der Waals surface area contributed by atoms with Crippen molar-refractivity contribution in [3.63, 3.8) is 0 Å². The summed E-state index contributed by atoms with van der Waals surface area (Å²) in [6.07, 6.45) is 0. The zero-order valence-electron chi connectivity index (χ0n) is 19.3. The zero-order chi connectivity index (χ0) is 23.5. The maximum Gasteiger partial charge on any atom is 0.267 e. The van der Waals surface area contributed by atoms with Crippen LogP contribution in [0.3, 0.4) is 0 Å². The number of aromatic nitrogens is 1. The molecule has 1 aromatic heterocycles. The lowest BCUT2D eigenvalue weighted by Gasteiger charge is -2.28. The van der Waals surface area contributed by atoms with Crippen LogP contribution in [-0.2, 0) is 14.8 Å². The molecule has 1 fully saturated rings. The van der Waals surface area contributed by atoms with Crippen molar-refractivity contribution in [1.29, 1.82) is 0 Å². The molecule has 8 nitrogen and oxygen atoms in total. The third kappa shape index (κ3) is 5.14. The van der Waals surface area contributed by atoms with Gasteiger partial charge in [-0.1, -0.05) is 13.8 Å². The molecule has 2 aromatic rings. The number of anilines is 2. The van der Waals surface area contributed by atoms with Crippen molar-refractivity contribution < 1.29 is 17.9 Å². The van der Waals surface area contributed by atoms with Gasteiger partial charge in [0.25, 0.3) is 5.91 Å². The molecule has 1 N–H and O–H groups in total. The average Bonchev–Trinajstić information content (AvgIpc) is 3.18. The lowest BCUT2D eigenvalue weighted by Crippen LogP contribution is -2.40. The van der Waals surface area contributed by atoms with E-state index in [4.69, 9.17) is 4.74 Å². The molecule has 1 amide bonds. The van der Waals surface area contributed by atoms with Gasteiger partial charge >= 0.3 is 0 Å². The van der Waals surface area contributed by atoms with E-state index in [1.807, 2.05) is 34.6 Å². The first-order valence-electron chi connectivity index (χ1n) is 10.9. The number of morpholine rings is 1. The summed E-state index contributed by atoms with van der Waals surface area (Å²) in [6.45, 7) is 12.8. The maximum atomic E-state index is 13.2. The number of hydrogen-bond donors (Lipinski definition) is 1. The van der Waals surface area contributed by atoms with Gasteiger partial charge in [-0.25, -0.2) is 13.4 Å². The standard InChI is InChI=1S/C22H32N4O4S2/c1-6-25(7-2)19-9-8-17(32(28,29)26-10-12-30-13-11-26)14-18(19)24-21(27)20-16(5)23-22(31-20)15(3)4/h8-9,14-15H,6-7,10-13H2,1-5H3,(H,24,27). The van der Waals surface area contributed by atoms with Crippen LogP contribution in [0.4, 0.5) is 11.4 Å². The van der Waals surface area contributed by atoms with Crippen molar-refractivity contribution in [2.75, 3.05) is 49.6 Å². The second kappa shape index (κ2) is 10.3. The minimum absolute atomic E-state index is 0.162. The summed E-state index contributed by atoms with van der Waals surface area (Å²) in [7, 11) is -3.68. The number of thiazole rings is 1. The molecule has 0 atom stereocenters. The van der Waals surface area contributed by atoms with Gasteiger partial charge in [0.15, 0.2) is 0 Å². The topological polar surface area (TPSA) is 91.8 Å². The van der Waals surface area contributed by atoms with Crippen LogP contribution in [0, 0.1) is 6.92 Å². The number of nitrogens with one attached hydrogen (secondary N) is 1. The molecule has 1 saturated heterocycles. The van der Waals surface area contributed by atoms with E-state index >= 15 is 0 Å². The zero-order valence-corrected chi connectivity index (χ0v) is 21.0. The Kier molecular flexibility index (Phi) is 7.92. The number of nitrogens with zero attached hydrogens (tertiary/aromatic N) is 3. The van der Waals surface area contributed by atoms with Gasteiger partial charge in [-0.15, -0.1) is 11.3 Å². The van der Waals surface area contributed by atoms with Gasteiger partial charge in [-0.2, -0.15) is 4.31 Å². The monoisotopic (exact) mass is 480 g/mol. The van der Waals surface area contributed by atoms with Crippen molar-refractivity contribution in [1.82, 2.24) is 9.29 Å². The molecule has 32 heavy (non-hydrogen) atoms. The summed E-state index contributed by atoms with van der Waals surface area (Å²) in [5.74, 6) is -0.0466. The Morgan fingerprint density at radius 3 is 2.47 bits per heavy atom. The number of aryl methyl sites for hydroxylation is 1. The first-order chi connectivity index (χ1) is 15.2. The van der Waals surface area contributed by atoms with Gasteiger partial charge in [0.1, 0.15) is 4.88 Å². The number of rotatable bonds is 8. The quantitative estimate of drug-likeness (QED) is 0.620.